The summed E-state index contributed by atoms with van der Waals surface area (Å²) in [7, 11) is 0. The third-order valence-corrected chi connectivity index (χ3v) is 17.6. The van der Waals surface area contributed by atoms with Crippen molar-refractivity contribution >= 4 is 18.4 Å². The first-order chi connectivity index (χ1) is 8.39. The molecule has 0 aromatic carbocycles. The van der Waals surface area contributed by atoms with Crippen LogP contribution < -0.4 is 0 Å². The van der Waals surface area contributed by atoms with E-state index in [0.29, 0.717) is 6.42 Å². The van der Waals surface area contributed by atoms with Crippen molar-refractivity contribution in [2.75, 3.05) is 0 Å². The van der Waals surface area contributed by atoms with E-state index in [0.717, 1.165) is 30.1 Å². The Labute approximate surface area is 114 Å². The van der Waals surface area contributed by atoms with Gasteiger partial charge in [0.25, 0.3) is 0 Å². The summed E-state index contributed by atoms with van der Waals surface area (Å²) in [4.78, 5) is 0. The summed E-state index contributed by atoms with van der Waals surface area (Å²) in [5.74, 6) is 0. The van der Waals surface area contributed by atoms with Crippen LogP contribution in [0.25, 0.3) is 0 Å². The molecule has 0 saturated carbocycles. The van der Waals surface area contributed by atoms with Crippen molar-refractivity contribution in [3.8, 4) is 0 Å². The third kappa shape index (κ3) is 8.43. The molecular formula is C14H27F3Sn. The molecule has 0 bridgehead atoms. The van der Waals surface area contributed by atoms with E-state index in [1.807, 2.05) is 0 Å². The molecule has 108 valence electrons. The van der Waals surface area contributed by atoms with Gasteiger partial charge < -0.3 is 0 Å². The molecule has 0 N–H and O–H groups in total. The van der Waals surface area contributed by atoms with E-state index in [9.17, 15) is 13.2 Å². The topological polar surface area (TPSA) is 0 Å². The van der Waals surface area contributed by atoms with Crippen LogP contribution in [0.5, 0.6) is 0 Å². The van der Waals surface area contributed by atoms with Crippen molar-refractivity contribution in [2.24, 2.45) is 0 Å². The molecule has 0 aromatic rings. The van der Waals surface area contributed by atoms with Gasteiger partial charge in [0, 0.05) is 0 Å². The minimum atomic E-state index is -3.99. The van der Waals surface area contributed by atoms with E-state index in [2.05, 4.69) is 24.5 Å². The second-order valence-corrected chi connectivity index (χ2v) is 18.5. The molecule has 0 aliphatic heterocycles. The summed E-state index contributed by atoms with van der Waals surface area (Å²) in [6.45, 7) is 8.26. The van der Waals surface area contributed by atoms with Crippen molar-refractivity contribution in [3.05, 3.63) is 10.7 Å². The molecule has 0 fully saturated rings. The van der Waals surface area contributed by atoms with Gasteiger partial charge in [0.15, 0.2) is 0 Å². The number of hydrogen-bond acceptors (Lipinski definition) is 0. The van der Waals surface area contributed by atoms with E-state index in [4.69, 9.17) is 0 Å². The molecule has 4 heteroatoms. The van der Waals surface area contributed by atoms with Gasteiger partial charge in [0.1, 0.15) is 0 Å². The third-order valence-electron chi connectivity index (χ3n) is 3.62. The minimum absolute atomic E-state index is 0.318. The molecule has 0 unspecified atom stereocenters. The Balaban J connectivity index is 4.37. The van der Waals surface area contributed by atoms with Crippen molar-refractivity contribution < 1.29 is 13.2 Å². The fraction of sp³-hybridized carbons (Fsp3) is 0.857. The van der Waals surface area contributed by atoms with Gasteiger partial charge in [-0.25, -0.2) is 0 Å². The van der Waals surface area contributed by atoms with Crippen LogP contribution >= 0.6 is 0 Å². The van der Waals surface area contributed by atoms with E-state index in [1.165, 1.54) is 8.87 Å². The quantitative estimate of drug-likeness (QED) is 0.407. The van der Waals surface area contributed by atoms with Gasteiger partial charge >= 0.3 is 114 Å². The van der Waals surface area contributed by atoms with Crippen LogP contribution in [-0.2, 0) is 0 Å². The van der Waals surface area contributed by atoms with Crippen molar-refractivity contribution in [3.63, 3.8) is 0 Å². The Morgan fingerprint density at radius 1 is 0.944 bits per heavy atom. The number of rotatable bonds is 10. The maximum absolute atomic E-state index is 12.2. The molecule has 0 saturated heterocycles. The molecule has 0 amide bonds. The standard InChI is InChI=1S/C4H6F3.2C4H9.C2H3.Sn/c1-2-3-4(5,6)7;2*1-3-4-2;1-2;/h1-3H2;2*1,3-4H2,2H3;1H,2H2;. The molecule has 0 aliphatic rings. The summed E-state index contributed by atoms with van der Waals surface area (Å²) in [5, 5.41) is 0. The van der Waals surface area contributed by atoms with Gasteiger partial charge in [-0.2, -0.15) is 0 Å². The first-order valence-corrected chi connectivity index (χ1v) is 14.8. The van der Waals surface area contributed by atoms with E-state index in [-0.39, 0.29) is 0 Å². The molecular weight excluding hydrogens is 344 g/mol. The second kappa shape index (κ2) is 9.27. The molecule has 0 spiro atoms. The predicted molar refractivity (Wildman–Crippen MR) is 75.5 cm³/mol. The van der Waals surface area contributed by atoms with Crippen LogP contribution in [0.1, 0.15) is 52.4 Å². The molecule has 0 aliphatic carbocycles. The molecule has 0 nitrogen and oxygen atoms in total. The van der Waals surface area contributed by atoms with E-state index >= 15 is 0 Å². The van der Waals surface area contributed by atoms with Crippen LogP contribution in [0.3, 0.4) is 0 Å². The fourth-order valence-corrected chi connectivity index (χ4v) is 14.8. The van der Waals surface area contributed by atoms with E-state index in [1.54, 1.807) is 0 Å². The zero-order valence-electron chi connectivity index (χ0n) is 11.8. The summed E-state index contributed by atoms with van der Waals surface area (Å²) >= 11 is -2.45. The fourth-order valence-electron chi connectivity index (χ4n) is 2.38. The summed E-state index contributed by atoms with van der Waals surface area (Å²) < 4.78 is 42.0. The first-order valence-electron chi connectivity index (χ1n) is 7.09. The zero-order chi connectivity index (χ0) is 14.1. The van der Waals surface area contributed by atoms with Crippen molar-refractivity contribution in [1.82, 2.24) is 0 Å². The summed E-state index contributed by atoms with van der Waals surface area (Å²) in [5.41, 5.74) is 0. The normalized spacial score (nSPS) is 12.7. The SMILES string of the molecule is C=[CH][Sn]([CH2]CCC)([CH2]CCC)[CH2]CCC(F)(F)F. The zero-order valence-corrected chi connectivity index (χ0v) is 14.6. The molecule has 18 heavy (non-hydrogen) atoms. The first kappa shape index (κ1) is 18.3. The van der Waals surface area contributed by atoms with Crippen LogP contribution in [-0.4, -0.2) is 24.6 Å². The van der Waals surface area contributed by atoms with Gasteiger partial charge in [-0.05, 0) is 0 Å². The van der Waals surface area contributed by atoms with Crippen molar-refractivity contribution in [2.45, 2.75) is 71.9 Å². The van der Waals surface area contributed by atoms with Gasteiger partial charge in [0.2, 0.25) is 0 Å². The number of alkyl halides is 3. The monoisotopic (exact) mass is 372 g/mol. The summed E-state index contributed by atoms with van der Waals surface area (Å²) in [6, 6.07) is 0. The van der Waals surface area contributed by atoms with Crippen LogP contribution in [0, 0.1) is 0 Å². The van der Waals surface area contributed by atoms with Gasteiger partial charge in [-0.3, -0.25) is 0 Å². The molecule has 0 radical (unpaired) electrons. The number of unbranched alkanes of at least 4 members (excludes halogenated alkanes) is 2. The van der Waals surface area contributed by atoms with Gasteiger partial charge in [-0.15, -0.1) is 0 Å². The molecule has 0 heterocycles. The average molecular weight is 371 g/mol. The van der Waals surface area contributed by atoms with Crippen LogP contribution in [0.2, 0.25) is 13.3 Å². The molecule has 0 aromatic heterocycles. The van der Waals surface area contributed by atoms with E-state index < -0.39 is 31.0 Å². The maximum atomic E-state index is 12.2. The van der Waals surface area contributed by atoms with Gasteiger partial charge in [0.05, 0.1) is 0 Å². The number of halogens is 3. The Kier molecular flexibility index (Phi) is 9.44. The Bertz CT molecular complexity index is 216. The van der Waals surface area contributed by atoms with Gasteiger partial charge in [-0.1, -0.05) is 0 Å². The second-order valence-electron chi connectivity index (χ2n) is 5.24. The van der Waals surface area contributed by atoms with Crippen LogP contribution in [0.4, 0.5) is 13.2 Å². The molecule has 0 atom stereocenters. The number of hydrogen-bond donors (Lipinski definition) is 0. The van der Waals surface area contributed by atoms with Crippen LogP contribution in [0.15, 0.2) is 10.7 Å². The Morgan fingerprint density at radius 2 is 1.39 bits per heavy atom. The average Bonchev–Trinajstić information content (AvgIpc) is 2.31. The Morgan fingerprint density at radius 3 is 1.72 bits per heavy atom. The van der Waals surface area contributed by atoms with Crippen molar-refractivity contribution in [1.29, 1.82) is 0 Å². The Hall–Kier alpha value is 0.329. The predicted octanol–water partition coefficient (Wildman–Crippen LogP) is 6.10. The summed E-state index contributed by atoms with van der Waals surface area (Å²) in [6.07, 6.45) is 0.316. The molecule has 0 rings (SSSR count).